The number of benzene rings is 2. The minimum Gasteiger partial charge on any atom is -0.497 e. The van der Waals surface area contributed by atoms with Crippen molar-refractivity contribution in [3.63, 3.8) is 0 Å². The first-order valence-corrected chi connectivity index (χ1v) is 8.37. The molecule has 0 bridgehead atoms. The second kappa shape index (κ2) is 8.38. The van der Waals surface area contributed by atoms with Gasteiger partial charge in [-0.3, -0.25) is 9.59 Å². The Hall–Kier alpha value is -3.02. The molecule has 6 nitrogen and oxygen atoms in total. The molecule has 2 aromatic carbocycles. The summed E-state index contributed by atoms with van der Waals surface area (Å²) in [7, 11) is 1.63. The summed E-state index contributed by atoms with van der Waals surface area (Å²) in [5.74, 6) is 0.373. The Balaban J connectivity index is 1.86. The first-order chi connectivity index (χ1) is 12.3. The Morgan fingerprint density at radius 3 is 1.88 bits per heavy atom. The van der Waals surface area contributed by atoms with Gasteiger partial charge in [-0.15, -0.1) is 0 Å². The van der Waals surface area contributed by atoms with Gasteiger partial charge in [-0.05, 0) is 48.5 Å². The highest BCUT2D eigenvalue weighted by molar-refractivity contribution is 5.95. The van der Waals surface area contributed by atoms with E-state index in [-0.39, 0.29) is 18.4 Å². The molecule has 0 saturated carbocycles. The lowest BCUT2D eigenvalue weighted by molar-refractivity contribution is -0.130. The number of amides is 2. The van der Waals surface area contributed by atoms with Crippen molar-refractivity contribution in [2.75, 3.05) is 24.3 Å². The SMILES string of the molecule is COc1ccc(Nc2ccc(NC(=O)CNC(=O)C(C)(C)C)cc2)cc1. The molecule has 6 heteroatoms. The predicted octanol–water partition coefficient (Wildman–Crippen LogP) is 3.54. The van der Waals surface area contributed by atoms with Crippen molar-refractivity contribution in [1.82, 2.24) is 5.32 Å². The maximum Gasteiger partial charge on any atom is 0.243 e. The van der Waals surface area contributed by atoms with Gasteiger partial charge in [0.15, 0.2) is 0 Å². The highest BCUT2D eigenvalue weighted by atomic mass is 16.5. The van der Waals surface area contributed by atoms with E-state index in [1.54, 1.807) is 40.0 Å². The molecule has 0 aliphatic heterocycles. The summed E-state index contributed by atoms with van der Waals surface area (Å²) >= 11 is 0. The molecule has 2 rings (SSSR count). The molecule has 0 aliphatic rings. The van der Waals surface area contributed by atoms with E-state index in [0.29, 0.717) is 5.69 Å². The summed E-state index contributed by atoms with van der Waals surface area (Å²) in [5.41, 5.74) is 1.98. The van der Waals surface area contributed by atoms with Crippen molar-refractivity contribution in [3.8, 4) is 5.75 Å². The molecule has 0 radical (unpaired) electrons. The van der Waals surface area contributed by atoms with E-state index in [1.165, 1.54) is 0 Å². The molecule has 0 heterocycles. The number of rotatable bonds is 6. The Morgan fingerprint density at radius 2 is 1.38 bits per heavy atom. The molecule has 0 aliphatic carbocycles. The summed E-state index contributed by atoms with van der Waals surface area (Å²) in [5, 5.41) is 8.65. The van der Waals surface area contributed by atoms with E-state index in [1.807, 2.05) is 36.4 Å². The second-order valence-electron chi connectivity index (χ2n) is 6.91. The number of methoxy groups -OCH3 is 1. The van der Waals surface area contributed by atoms with Crippen LogP contribution in [0.5, 0.6) is 5.75 Å². The predicted molar refractivity (Wildman–Crippen MR) is 104 cm³/mol. The molecule has 0 aromatic heterocycles. The summed E-state index contributed by atoms with van der Waals surface area (Å²) in [6, 6.07) is 14.9. The van der Waals surface area contributed by atoms with Gasteiger partial charge in [0, 0.05) is 22.5 Å². The summed E-state index contributed by atoms with van der Waals surface area (Å²) in [6.45, 7) is 5.35. The molecule has 0 spiro atoms. The molecule has 2 amide bonds. The van der Waals surface area contributed by atoms with Crippen LogP contribution in [0.25, 0.3) is 0 Å². The molecule has 138 valence electrons. The lowest BCUT2D eigenvalue weighted by Crippen LogP contribution is -2.39. The minimum atomic E-state index is -0.519. The lowest BCUT2D eigenvalue weighted by Gasteiger charge is -2.17. The van der Waals surface area contributed by atoms with Crippen molar-refractivity contribution in [1.29, 1.82) is 0 Å². The third kappa shape index (κ3) is 5.81. The van der Waals surface area contributed by atoms with Gasteiger partial charge in [0.2, 0.25) is 11.8 Å². The first-order valence-electron chi connectivity index (χ1n) is 8.37. The third-order valence-corrected chi connectivity index (χ3v) is 3.64. The van der Waals surface area contributed by atoms with Crippen LogP contribution in [0.15, 0.2) is 48.5 Å². The standard InChI is InChI=1S/C20H25N3O3/c1-20(2,3)19(25)21-13-18(24)23-16-7-5-14(6-8-16)22-15-9-11-17(26-4)12-10-15/h5-12,22H,13H2,1-4H3,(H,21,25)(H,23,24). The highest BCUT2D eigenvalue weighted by Gasteiger charge is 2.21. The molecular formula is C20H25N3O3. The number of hydrogen-bond donors (Lipinski definition) is 3. The van der Waals surface area contributed by atoms with Crippen LogP contribution in [0.1, 0.15) is 20.8 Å². The van der Waals surface area contributed by atoms with Crippen molar-refractivity contribution in [2.24, 2.45) is 5.41 Å². The number of carbonyl (C=O) groups excluding carboxylic acids is 2. The van der Waals surface area contributed by atoms with E-state index >= 15 is 0 Å². The van der Waals surface area contributed by atoms with Crippen LogP contribution in [-0.2, 0) is 9.59 Å². The van der Waals surface area contributed by atoms with E-state index in [0.717, 1.165) is 17.1 Å². The van der Waals surface area contributed by atoms with Crippen LogP contribution in [0.4, 0.5) is 17.1 Å². The van der Waals surface area contributed by atoms with Crippen molar-refractivity contribution in [2.45, 2.75) is 20.8 Å². The smallest absolute Gasteiger partial charge is 0.243 e. The number of anilines is 3. The maximum atomic E-state index is 11.9. The van der Waals surface area contributed by atoms with E-state index in [4.69, 9.17) is 4.74 Å². The Bertz CT molecular complexity index is 747. The van der Waals surface area contributed by atoms with Crippen LogP contribution in [0.2, 0.25) is 0 Å². The summed E-state index contributed by atoms with van der Waals surface area (Å²) in [6.07, 6.45) is 0. The highest BCUT2D eigenvalue weighted by Crippen LogP contribution is 2.21. The zero-order chi connectivity index (χ0) is 19.2. The van der Waals surface area contributed by atoms with E-state index in [2.05, 4.69) is 16.0 Å². The number of hydrogen-bond acceptors (Lipinski definition) is 4. The molecule has 0 atom stereocenters. The zero-order valence-corrected chi connectivity index (χ0v) is 15.6. The average Bonchev–Trinajstić information content (AvgIpc) is 2.61. The summed E-state index contributed by atoms with van der Waals surface area (Å²) < 4.78 is 5.13. The molecule has 2 aromatic rings. The molecule has 26 heavy (non-hydrogen) atoms. The van der Waals surface area contributed by atoms with Crippen molar-refractivity contribution < 1.29 is 14.3 Å². The average molecular weight is 355 g/mol. The van der Waals surface area contributed by atoms with Crippen LogP contribution < -0.4 is 20.7 Å². The molecular weight excluding hydrogens is 330 g/mol. The van der Waals surface area contributed by atoms with Crippen LogP contribution in [0, 0.1) is 5.41 Å². The van der Waals surface area contributed by atoms with Gasteiger partial charge in [-0.25, -0.2) is 0 Å². The number of nitrogens with one attached hydrogen (secondary N) is 3. The van der Waals surface area contributed by atoms with Crippen molar-refractivity contribution in [3.05, 3.63) is 48.5 Å². The quantitative estimate of drug-likeness (QED) is 0.740. The third-order valence-electron chi connectivity index (χ3n) is 3.64. The fraction of sp³-hybridized carbons (Fsp3) is 0.300. The number of ether oxygens (including phenoxy) is 1. The normalized spacial score (nSPS) is 10.8. The maximum absolute atomic E-state index is 11.9. The second-order valence-corrected chi connectivity index (χ2v) is 6.91. The Labute approximate surface area is 153 Å². The Morgan fingerprint density at radius 1 is 0.885 bits per heavy atom. The molecule has 0 unspecified atom stereocenters. The number of carbonyl (C=O) groups is 2. The van der Waals surface area contributed by atoms with Crippen LogP contribution in [0.3, 0.4) is 0 Å². The van der Waals surface area contributed by atoms with Crippen molar-refractivity contribution >= 4 is 28.9 Å². The monoisotopic (exact) mass is 355 g/mol. The van der Waals surface area contributed by atoms with Gasteiger partial charge < -0.3 is 20.7 Å². The topological polar surface area (TPSA) is 79.5 Å². The fourth-order valence-corrected chi connectivity index (χ4v) is 2.11. The van der Waals surface area contributed by atoms with Crippen LogP contribution >= 0.6 is 0 Å². The van der Waals surface area contributed by atoms with Gasteiger partial charge in [-0.1, -0.05) is 20.8 Å². The van der Waals surface area contributed by atoms with E-state index < -0.39 is 5.41 Å². The van der Waals surface area contributed by atoms with Crippen LogP contribution in [-0.4, -0.2) is 25.5 Å². The fourth-order valence-electron chi connectivity index (χ4n) is 2.11. The van der Waals surface area contributed by atoms with Gasteiger partial charge >= 0.3 is 0 Å². The minimum absolute atomic E-state index is 0.0536. The zero-order valence-electron chi connectivity index (χ0n) is 15.6. The molecule has 3 N–H and O–H groups in total. The van der Waals surface area contributed by atoms with Gasteiger partial charge in [-0.2, -0.15) is 0 Å². The summed E-state index contributed by atoms with van der Waals surface area (Å²) in [4.78, 5) is 23.7. The first kappa shape index (κ1) is 19.3. The lowest BCUT2D eigenvalue weighted by atomic mass is 9.96. The largest absolute Gasteiger partial charge is 0.497 e. The molecule has 0 saturated heterocycles. The molecule has 0 fully saturated rings. The van der Waals surface area contributed by atoms with Gasteiger partial charge in [0.05, 0.1) is 13.7 Å². The van der Waals surface area contributed by atoms with E-state index in [9.17, 15) is 9.59 Å². The Kier molecular flexibility index (Phi) is 6.22. The van der Waals surface area contributed by atoms with Gasteiger partial charge in [0.25, 0.3) is 0 Å². The van der Waals surface area contributed by atoms with Gasteiger partial charge in [0.1, 0.15) is 5.75 Å².